The zero-order valence-electron chi connectivity index (χ0n) is 11.0. The van der Waals surface area contributed by atoms with Crippen LogP contribution in [0, 0.1) is 0 Å². The van der Waals surface area contributed by atoms with Gasteiger partial charge in [-0.3, -0.25) is 0 Å². The highest BCUT2D eigenvalue weighted by Gasteiger charge is 2.09. The first-order valence-corrected chi connectivity index (χ1v) is 7.02. The van der Waals surface area contributed by atoms with Crippen molar-refractivity contribution in [2.75, 3.05) is 11.9 Å². The molecule has 1 aromatic heterocycles. The van der Waals surface area contributed by atoms with E-state index in [2.05, 4.69) is 10.6 Å². The van der Waals surface area contributed by atoms with Gasteiger partial charge in [0.2, 0.25) is 0 Å². The smallest absolute Gasteiger partial charge is 0.319 e. The van der Waals surface area contributed by atoms with Gasteiger partial charge in [-0.15, -0.1) is 0 Å². The molecule has 3 N–H and O–H groups in total. The van der Waals surface area contributed by atoms with Crippen molar-refractivity contribution in [1.29, 1.82) is 0 Å². The van der Waals surface area contributed by atoms with Gasteiger partial charge in [-0.25, -0.2) is 4.79 Å². The Labute approximate surface area is 131 Å². The SMILES string of the molecule is O=C(NCCC(O)c1ccoc1)Nc1ccc(Cl)c(Cl)c1. The second-order valence-electron chi connectivity index (χ2n) is 4.37. The van der Waals surface area contributed by atoms with Crippen LogP contribution in [-0.4, -0.2) is 17.7 Å². The summed E-state index contributed by atoms with van der Waals surface area (Å²) in [4.78, 5) is 11.7. The van der Waals surface area contributed by atoms with Crippen LogP contribution in [0.5, 0.6) is 0 Å². The molecular weight excluding hydrogens is 315 g/mol. The fourth-order valence-corrected chi connectivity index (χ4v) is 2.00. The number of carbonyl (C=O) groups is 1. The zero-order chi connectivity index (χ0) is 15.2. The third-order valence-electron chi connectivity index (χ3n) is 2.81. The van der Waals surface area contributed by atoms with E-state index in [1.54, 1.807) is 24.3 Å². The Morgan fingerprint density at radius 2 is 2.10 bits per heavy atom. The van der Waals surface area contributed by atoms with E-state index in [0.717, 1.165) is 0 Å². The number of furan rings is 1. The number of nitrogens with one attached hydrogen (secondary N) is 2. The summed E-state index contributed by atoms with van der Waals surface area (Å²) in [5.41, 5.74) is 1.22. The van der Waals surface area contributed by atoms with Gasteiger partial charge in [-0.2, -0.15) is 0 Å². The number of anilines is 1. The van der Waals surface area contributed by atoms with Crippen LogP contribution in [0.2, 0.25) is 10.0 Å². The molecule has 0 aliphatic carbocycles. The summed E-state index contributed by atoms with van der Waals surface area (Å²) in [5.74, 6) is 0. The zero-order valence-corrected chi connectivity index (χ0v) is 12.5. The summed E-state index contributed by atoms with van der Waals surface area (Å²) in [6.45, 7) is 0.319. The minimum atomic E-state index is -0.672. The monoisotopic (exact) mass is 328 g/mol. The highest BCUT2D eigenvalue weighted by molar-refractivity contribution is 6.42. The molecule has 0 saturated carbocycles. The van der Waals surface area contributed by atoms with E-state index in [1.807, 2.05) is 0 Å². The summed E-state index contributed by atoms with van der Waals surface area (Å²) in [7, 11) is 0. The van der Waals surface area contributed by atoms with Crippen molar-refractivity contribution in [3.05, 3.63) is 52.4 Å². The molecule has 0 spiro atoms. The van der Waals surface area contributed by atoms with Gasteiger partial charge in [0.15, 0.2) is 0 Å². The molecule has 2 aromatic rings. The van der Waals surface area contributed by atoms with E-state index in [4.69, 9.17) is 27.6 Å². The molecule has 1 aromatic carbocycles. The number of amides is 2. The van der Waals surface area contributed by atoms with Crippen LogP contribution in [-0.2, 0) is 0 Å². The Balaban J connectivity index is 1.76. The van der Waals surface area contributed by atoms with Gasteiger partial charge in [0.25, 0.3) is 0 Å². The number of halogens is 2. The fourth-order valence-electron chi connectivity index (χ4n) is 1.70. The fraction of sp³-hybridized carbons (Fsp3) is 0.214. The standard InChI is InChI=1S/C14H14Cl2N2O3/c15-11-2-1-10(7-12(11)16)18-14(20)17-5-3-13(19)9-4-6-21-8-9/h1-2,4,6-8,13,19H,3,5H2,(H2,17,18,20). The van der Waals surface area contributed by atoms with Crippen LogP contribution in [0.4, 0.5) is 10.5 Å². The normalized spacial score (nSPS) is 12.0. The molecule has 0 fully saturated rings. The van der Waals surface area contributed by atoms with Gasteiger partial charge in [0.05, 0.1) is 28.7 Å². The summed E-state index contributed by atoms with van der Waals surface area (Å²) in [6.07, 6.45) is 2.67. The van der Waals surface area contributed by atoms with Crippen LogP contribution in [0.1, 0.15) is 18.1 Å². The molecule has 21 heavy (non-hydrogen) atoms. The van der Waals surface area contributed by atoms with E-state index in [0.29, 0.717) is 34.3 Å². The number of carbonyl (C=O) groups excluding carboxylic acids is 1. The third kappa shape index (κ3) is 4.67. The van der Waals surface area contributed by atoms with Crippen molar-refractivity contribution in [2.45, 2.75) is 12.5 Å². The average molecular weight is 329 g/mol. The lowest BCUT2D eigenvalue weighted by Crippen LogP contribution is -2.30. The van der Waals surface area contributed by atoms with Crippen LogP contribution < -0.4 is 10.6 Å². The molecule has 0 bridgehead atoms. The summed E-state index contributed by atoms with van der Waals surface area (Å²) >= 11 is 11.6. The third-order valence-corrected chi connectivity index (χ3v) is 3.55. The van der Waals surface area contributed by atoms with Crippen molar-refractivity contribution in [3.63, 3.8) is 0 Å². The van der Waals surface area contributed by atoms with Crippen molar-refractivity contribution in [1.82, 2.24) is 5.32 Å². The maximum absolute atomic E-state index is 11.7. The number of hydrogen-bond donors (Lipinski definition) is 3. The molecule has 0 saturated heterocycles. The minimum Gasteiger partial charge on any atom is -0.472 e. The number of aliphatic hydroxyl groups excluding tert-OH is 1. The minimum absolute atomic E-state index is 0.319. The number of urea groups is 1. The lowest BCUT2D eigenvalue weighted by atomic mass is 10.1. The lowest BCUT2D eigenvalue weighted by molar-refractivity contribution is 0.166. The first-order chi connectivity index (χ1) is 10.1. The molecule has 7 heteroatoms. The molecule has 0 aliphatic rings. The van der Waals surface area contributed by atoms with Gasteiger partial charge in [-0.05, 0) is 30.7 Å². The molecular formula is C14H14Cl2N2O3. The first kappa shape index (κ1) is 15.7. The summed E-state index contributed by atoms with van der Waals surface area (Å²) in [5, 5.41) is 15.9. The van der Waals surface area contributed by atoms with Crippen LogP contribution >= 0.6 is 23.2 Å². The molecule has 2 rings (SSSR count). The van der Waals surface area contributed by atoms with Gasteiger partial charge in [-0.1, -0.05) is 23.2 Å². The summed E-state index contributed by atoms with van der Waals surface area (Å²) < 4.78 is 4.88. The Kier molecular flexibility index (Phi) is 5.50. The van der Waals surface area contributed by atoms with Gasteiger partial charge < -0.3 is 20.2 Å². The van der Waals surface area contributed by atoms with Crippen LogP contribution in [0.3, 0.4) is 0 Å². The number of aliphatic hydroxyl groups is 1. The maximum atomic E-state index is 11.7. The van der Waals surface area contributed by atoms with E-state index >= 15 is 0 Å². The average Bonchev–Trinajstić information content (AvgIpc) is 2.97. The van der Waals surface area contributed by atoms with Gasteiger partial charge in [0, 0.05) is 17.8 Å². The van der Waals surface area contributed by atoms with E-state index in [9.17, 15) is 9.90 Å². The van der Waals surface area contributed by atoms with Crippen molar-refractivity contribution in [2.24, 2.45) is 0 Å². The molecule has 1 heterocycles. The Morgan fingerprint density at radius 1 is 1.29 bits per heavy atom. The molecule has 5 nitrogen and oxygen atoms in total. The van der Waals surface area contributed by atoms with E-state index in [-0.39, 0.29) is 6.03 Å². The quantitative estimate of drug-likeness (QED) is 0.780. The molecule has 1 unspecified atom stereocenters. The second-order valence-corrected chi connectivity index (χ2v) is 5.19. The first-order valence-electron chi connectivity index (χ1n) is 6.26. The number of hydrogen-bond acceptors (Lipinski definition) is 3. The Morgan fingerprint density at radius 3 is 2.76 bits per heavy atom. The predicted octanol–water partition coefficient (Wildman–Crippen LogP) is 3.83. The Bertz CT molecular complexity index is 602. The lowest BCUT2D eigenvalue weighted by Gasteiger charge is -2.10. The number of rotatable bonds is 5. The van der Waals surface area contributed by atoms with Crippen molar-refractivity contribution < 1.29 is 14.3 Å². The van der Waals surface area contributed by atoms with Gasteiger partial charge >= 0.3 is 6.03 Å². The highest BCUT2D eigenvalue weighted by Crippen LogP contribution is 2.24. The maximum Gasteiger partial charge on any atom is 0.319 e. The number of benzene rings is 1. The topological polar surface area (TPSA) is 74.5 Å². The van der Waals surface area contributed by atoms with Crippen LogP contribution in [0.25, 0.3) is 0 Å². The van der Waals surface area contributed by atoms with Crippen molar-refractivity contribution in [3.8, 4) is 0 Å². The second kappa shape index (κ2) is 7.36. The van der Waals surface area contributed by atoms with E-state index in [1.165, 1.54) is 12.5 Å². The molecule has 0 aliphatic heterocycles. The largest absolute Gasteiger partial charge is 0.472 e. The molecule has 0 radical (unpaired) electrons. The predicted molar refractivity (Wildman–Crippen MR) is 81.8 cm³/mol. The molecule has 1 atom stereocenters. The van der Waals surface area contributed by atoms with Crippen LogP contribution in [0.15, 0.2) is 41.2 Å². The van der Waals surface area contributed by atoms with E-state index < -0.39 is 6.10 Å². The molecule has 2 amide bonds. The van der Waals surface area contributed by atoms with Gasteiger partial charge in [0.1, 0.15) is 0 Å². The van der Waals surface area contributed by atoms with Crippen molar-refractivity contribution >= 4 is 34.9 Å². The summed E-state index contributed by atoms with van der Waals surface area (Å²) in [6, 6.07) is 6.10. The molecule has 112 valence electrons. The highest BCUT2D eigenvalue weighted by atomic mass is 35.5. The Hall–Kier alpha value is -1.69.